The van der Waals surface area contributed by atoms with Gasteiger partial charge in [0.25, 0.3) is 5.91 Å². The predicted octanol–water partition coefficient (Wildman–Crippen LogP) is 2.11. The summed E-state index contributed by atoms with van der Waals surface area (Å²) in [4.78, 5) is 40.7. The van der Waals surface area contributed by atoms with Crippen LogP contribution in [0.25, 0.3) is 0 Å². The van der Waals surface area contributed by atoms with E-state index in [4.69, 9.17) is 16.7 Å². The first-order valence-corrected chi connectivity index (χ1v) is 10.3. The Balaban J connectivity index is 1.66. The highest BCUT2D eigenvalue weighted by Gasteiger charge is 2.45. The van der Waals surface area contributed by atoms with E-state index in [1.807, 2.05) is 0 Å². The Hall–Kier alpha value is -3.21. The molecule has 0 aliphatic carbocycles. The zero-order valence-electron chi connectivity index (χ0n) is 17.0. The highest BCUT2D eigenvalue weighted by molar-refractivity contribution is 6.31. The van der Waals surface area contributed by atoms with E-state index in [9.17, 15) is 24.6 Å². The highest BCUT2D eigenvalue weighted by Crippen LogP contribution is 2.25. The van der Waals surface area contributed by atoms with E-state index < -0.39 is 24.1 Å². The van der Waals surface area contributed by atoms with Gasteiger partial charge in [0.1, 0.15) is 5.82 Å². The third-order valence-electron chi connectivity index (χ3n) is 5.23. The van der Waals surface area contributed by atoms with Crippen molar-refractivity contribution in [2.75, 3.05) is 23.7 Å². The summed E-state index contributed by atoms with van der Waals surface area (Å²) in [5.41, 5.74) is -1.61. The number of halogens is 1. The lowest BCUT2D eigenvalue weighted by Gasteiger charge is -2.40. The number of pyridine rings is 1. The number of hydrogen-bond acceptors (Lipinski definition) is 7. The summed E-state index contributed by atoms with van der Waals surface area (Å²) in [6, 6.07) is 9.87. The van der Waals surface area contributed by atoms with Crippen LogP contribution in [0.2, 0.25) is 5.02 Å². The SMILES string of the molecule is O=C(O)CC(O)(C(=O)O)N1CCC(Nc2ncccc2C(=O)Nc2cccc(Cl)c2)CC1. The van der Waals surface area contributed by atoms with Crippen molar-refractivity contribution in [3.63, 3.8) is 0 Å². The monoisotopic (exact) mass is 462 g/mol. The number of carboxylic acids is 2. The molecule has 5 N–H and O–H groups in total. The zero-order valence-corrected chi connectivity index (χ0v) is 17.7. The van der Waals surface area contributed by atoms with Crippen molar-refractivity contribution >= 4 is 41.0 Å². The Bertz CT molecular complexity index is 1010. The Kier molecular flexibility index (Phi) is 7.29. The van der Waals surface area contributed by atoms with Crippen LogP contribution < -0.4 is 10.6 Å². The van der Waals surface area contributed by atoms with Gasteiger partial charge in [-0.15, -0.1) is 0 Å². The second-order valence-electron chi connectivity index (χ2n) is 7.46. The van der Waals surface area contributed by atoms with Gasteiger partial charge in [-0.1, -0.05) is 17.7 Å². The lowest BCUT2D eigenvalue weighted by atomic mass is 9.99. The molecule has 1 atom stereocenters. The molecular weight excluding hydrogens is 440 g/mol. The summed E-state index contributed by atoms with van der Waals surface area (Å²) in [5.74, 6) is -3.01. The minimum atomic E-state index is -2.47. The van der Waals surface area contributed by atoms with Gasteiger partial charge in [-0.05, 0) is 43.2 Å². The molecule has 11 heteroatoms. The molecule has 1 fully saturated rings. The summed E-state index contributed by atoms with van der Waals surface area (Å²) in [6.45, 7) is 0.315. The van der Waals surface area contributed by atoms with E-state index in [2.05, 4.69) is 15.6 Å². The number of carbonyl (C=O) groups is 3. The van der Waals surface area contributed by atoms with Gasteiger partial charge >= 0.3 is 11.9 Å². The van der Waals surface area contributed by atoms with Crippen LogP contribution in [-0.4, -0.2) is 67.9 Å². The maximum absolute atomic E-state index is 12.8. The summed E-state index contributed by atoms with van der Waals surface area (Å²) in [5, 5.41) is 35.1. The fraction of sp³-hybridized carbons (Fsp3) is 0.333. The predicted molar refractivity (Wildman–Crippen MR) is 117 cm³/mol. The molecule has 0 spiro atoms. The zero-order chi connectivity index (χ0) is 23.3. The second-order valence-corrected chi connectivity index (χ2v) is 7.90. The number of piperidine rings is 1. The molecule has 2 aromatic rings. The number of benzene rings is 1. The number of likely N-dealkylation sites (tertiary alicyclic amines) is 1. The van der Waals surface area contributed by atoms with Crippen molar-refractivity contribution in [3.05, 3.63) is 53.2 Å². The first-order chi connectivity index (χ1) is 15.2. The molecule has 3 rings (SSSR count). The minimum absolute atomic E-state index is 0.151. The molecule has 170 valence electrons. The number of aliphatic hydroxyl groups is 1. The number of hydrogen-bond donors (Lipinski definition) is 5. The van der Waals surface area contributed by atoms with Crippen LogP contribution in [0.15, 0.2) is 42.6 Å². The number of aliphatic carboxylic acids is 2. The molecule has 1 amide bonds. The van der Waals surface area contributed by atoms with Gasteiger partial charge in [-0.25, -0.2) is 9.78 Å². The van der Waals surface area contributed by atoms with Gasteiger partial charge in [-0.2, -0.15) is 0 Å². The molecule has 1 aromatic heterocycles. The normalized spacial score (nSPS) is 16.7. The average molecular weight is 463 g/mol. The highest BCUT2D eigenvalue weighted by atomic mass is 35.5. The Morgan fingerprint density at radius 2 is 1.88 bits per heavy atom. The van der Waals surface area contributed by atoms with Crippen molar-refractivity contribution in [1.82, 2.24) is 9.88 Å². The molecule has 1 saturated heterocycles. The van der Waals surface area contributed by atoms with Crippen LogP contribution in [0, 0.1) is 0 Å². The van der Waals surface area contributed by atoms with Gasteiger partial charge < -0.3 is 26.0 Å². The number of anilines is 2. The Morgan fingerprint density at radius 3 is 2.50 bits per heavy atom. The molecule has 0 radical (unpaired) electrons. The van der Waals surface area contributed by atoms with Crippen molar-refractivity contribution < 1.29 is 29.7 Å². The van der Waals surface area contributed by atoms with Crippen LogP contribution in [-0.2, 0) is 9.59 Å². The molecule has 1 aliphatic heterocycles. The maximum Gasteiger partial charge on any atom is 0.352 e. The van der Waals surface area contributed by atoms with Gasteiger partial charge in [0.2, 0.25) is 5.72 Å². The van der Waals surface area contributed by atoms with Crippen molar-refractivity contribution in [2.24, 2.45) is 0 Å². The Morgan fingerprint density at radius 1 is 1.16 bits per heavy atom. The number of nitrogens with zero attached hydrogens (tertiary/aromatic N) is 2. The van der Waals surface area contributed by atoms with Crippen LogP contribution in [0.3, 0.4) is 0 Å². The maximum atomic E-state index is 12.8. The third kappa shape index (κ3) is 5.52. The number of nitrogens with one attached hydrogen (secondary N) is 2. The summed E-state index contributed by atoms with van der Waals surface area (Å²) >= 11 is 5.96. The Labute approximate surface area is 188 Å². The fourth-order valence-electron chi connectivity index (χ4n) is 3.59. The third-order valence-corrected chi connectivity index (χ3v) is 5.47. The molecule has 10 nitrogen and oxygen atoms in total. The van der Waals surface area contributed by atoms with E-state index in [1.165, 1.54) is 4.90 Å². The average Bonchev–Trinajstić information content (AvgIpc) is 2.74. The topological polar surface area (TPSA) is 152 Å². The largest absolute Gasteiger partial charge is 0.481 e. The van der Waals surface area contributed by atoms with Crippen LogP contribution in [0.5, 0.6) is 0 Å². The number of carboxylic acid groups (broad SMARTS) is 2. The van der Waals surface area contributed by atoms with E-state index in [0.717, 1.165) is 0 Å². The minimum Gasteiger partial charge on any atom is -0.481 e. The van der Waals surface area contributed by atoms with Crippen LogP contribution >= 0.6 is 11.6 Å². The molecular formula is C21H23ClN4O6. The first kappa shape index (κ1) is 23.5. The van der Waals surface area contributed by atoms with Gasteiger partial charge in [0.15, 0.2) is 0 Å². The number of rotatable bonds is 8. The van der Waals surface area contributed by atoms with Crippen molar-refractivity contribution in [2.45, 2.75) is 31.0 Å². The standard InChI is InChI=1S/C21H23ClN4O6/c22-13-3-1-4-15(11-13)25-19(29)16-5-2-8-23-18(16)24-14-6-9-26(10-7-14)21(32,20(30)31)12-17(27)28/h1-5,8,11,14,32H,6-7,9-10,12H2,(H,23,24)(H,25,29)(H,27,28)(H,30,31). The van der Waals surface area contributed by atoms with E-state index >= 15 is 0 Å². The summed E-state index contributed by atoms with van der Waals surface area (Å²) in [6.07, 6.45) is 1.46. The lowest BCUT2D eigenvalue weighted by Crippen LogP contribution is -2.59. The quantitative estimate of drug-likeness (QED) is 0.397. The summed E-state index contributed by atoms with van der Waals surface area (Å²) < 4.78 is 0. The lowest BCUT2D eigenvalue weighted by molar-refractivity contribution is -0.191. The van der Waals surface area contributed by atoms with Gasteiger partial charge in [-0.3, -0.25) is 14.5 Å². The fourth-order valence-corrected chi connectivity index (χ4v) is 3.78. The van der Waals surface area contributed by atoms with E-state index in [1.54, 1.807) is 42.6 Å². The van der Waals surface area contributed by atoms with Gasteiger partial charge in [0.05, 0.1) is 12.0 Å². The van der Waals surface area contributed by atoms with Crippen LogP contribution in [0.1, 0.15) is 29.6 Å². The molecule has 2 heterocycles. The second kappa shape index (κ2) is 9.94. The van der Waals surface area contributed by atoms with Gasteiger partial charge in [0, 0.05) is 36.0 Å². The molecule has 1 aliphatic rings. The van der Waals surface area contributed by atoms with E-state index in [0.29, 0.717) is 34.9 Å². The molecule has 32 heavy (non-hydrogen) atoms. The molecule has 1 unspecified atom stereocenters. The molecule has 0 saturated carbocycles. The van der Waals surface area contributed by atoms with E-state index in [-0.39, 0.29) is 25.0 Å². The summed E-state index contributed by atoms with van der Waals surface area (Å²) in [7, 11) is 0. The van der Waals surface area contributed by atoms with Crippen LogP contribution in [0.4, 0.5) is 11.5 Å². The molecule has 1 aromatic carbocycles. The van der Waals surface area contributed by atoms with Crippen molar-refractivity contribution in [3.8, 4) is 0 Å². The number of carbonyl (C=O) groups excluding carboxylic acids is 1. The number of amides is 1. The number of aromatic nitrogens is 1. The van der Waals surface area contributed by atoms with Crippen molar-refractivity contribution in [1.29, 1.82) is 0 Å². The first-order valence-electron chi connectivity index (χ1n) is 9.90. The smallest absolute Gasteiger partial charge is 0.352 e. The molecule has 0 bridgehead atoms.